The highest BCUT2D eigenvalue weighted by molar-refractivity contribution is 5.94. The number of aryl methyl sites for hydroxylation is 3. The van der Waals surface area contributed by atoms with Crippen molar-refractivity contribution in [2.75, 3.05) is 13.1 Å². The molecule has 28 heavy (non-hydrogen) atoms. The zero-order chi connectivity index (χ0) is 19.8. The second-order valence-corrected chi connectivity index (χ2v) is 7.50. The molecule has 8 nitrogen and oxygen atoms in total. The number of aromatic nitrogens is 5. The van der Waals surface area contributed by atoms with Gasteiger partial charge in [0.15, 0.2) is 11.2 Å². The van der Waals surface area contributed by atoms with Gasteiger partial charge in [-0.25, -0.2) is 9.67 Å². The Hall–Kier alpha value is -3.03. The minimum atomic E-state index is -0.271. The normalized spacial score (nSPS) is 17.2. The zero-order valence-electron chi connectivity index (χ0n) is 16.4. The number of piperidine rings is 1. The third-order valence-corrected chi connectivity index (χ3v) is 5.22. The number of likely N-dealkylation sites (tertiary alicyclic amines) is 1. The summed E-state index contributed by atoms with van der Waals surface area (Å²) in [7, 11) is 0. The Kier molecular flexibility index (Phi) is 4.70. The lowest BCUT2D eigenvalue weighted by Gasteiger charge is -2.32. The van der Waals surface area contributed by atoms with Gasteiger partial charge in [-0.3, -0.25) is 9.59 Å². The predicted molar refractivity (Wildman–Crippen MR) is 105 cm³/mol. The summed E-state index contributed by atoms with van der Waals surface area (Å²) in [6.45, 7) is 7.17. The molecule has 0 radical (unpaired) electrons. The van der Waals surface area contributed by atoms with E-state index in [9.17, 15) is 9.59 Å². The quantitative estimate of drug-likeness (QED) is 0.751. The molecule has 0 aliphatic carbocycles. The Balaban J connectivity index is 1.64. The maximum atomic E-state index is 13.0. The van der Waals surface area contributed by atoms with Crippen LogP contribution in [-0.2, 0) is 6.42 Å². The standard InChI is InChI=1S/C20H24N6O2/c1-4-16-21-18-17(19(27)22-16)23-24-26(18)15-6-5-7-25(11-15)20(28)14-9-12(2)8-13(3)10-14/h8-10,15H,4-7,11H2,1-3H3,(H,21,22,27). The number of hydrogen-bond acceptors (Lipinski definition) is 5. The Morgan fingerprint density at radius 1 is 1.25 bits per heavy atom. The topological polar surface area (TPSA) is 96.8 Å². The lowest BCUT2D eigenvalue weighted by Crippen LogP contribution is -2.41. The Morgan fingerprint density at radius 2 is 2.00 bits per heavy atom. The molecule has 8 heteroatoms. The Morgan fingerprint density at radius 3 is 2.71 bits per heavy atom. The average Bonchev–Trinajstić information content (AvgIpc) is 3.11. The Bertz CT molecular complexity index is 1080. The van der Waals surface area contributed by atoms with Crippen LogP contribution in [0.4, 0.5) is 0 Å². The summed E-state index contributed by atoms with van der Waals surface area (Å²) in [6, 6.07) is 5.87. The van der Waals surface area contributed by atoms with Gasteiger partial charge < -0.3 is 9.88 Å². The number of H-pyrrole nitrogens is 1. The van der Waals surface area contributed by atoms with Gasteiger partial charge in [-0.15, -0.1) is 5.10 Å². The highest BCUT2D eigenvalue weighted by Crippen LogP contribution is 2.24. The van der Waals surface area contributed by atoms with Gasteiger partial charge in [-0.1, -0.05) is 29.3 Å². The SMILES string of the molecule is CCc1nc2c(nnn2C2CCCN(C(=O)c3cc(C)cc(C)c3)C2)c(=O)[nH]1. The fraction of sp³-hybridized carbons (Fsp3) is 0.450. The van der Waals surface area contributed by atoms with E-state index < -0.39 is 0 Å². The summed E-state index contributed by atoms with van der Waals surface area (Å²) in [4.78, 5) is 34.4. The molecule has 0 spiro atoms. The number of rotatable bonds is 3. The first-order valence-corrected chi connectivity index (χ1v) is 9.68. The van der Waals surface area contributed by atoms with E-state index in [0.29, 0.717) is 36.5 Å². The van der Waals surface area contributed by atoms with Crippen molar-refractivity contribution in [1.29, 1.82) is 0 Å². The van der Waals surface area contributed by atoms with Gasteiger partial charge in [0.1, 0.15) is 5.82 Å². The van der Waals surface area contributed by atoms with Crippen LogP contribution in [0.3, 0.4) is 0 Å². The van der Waals surface area contributed by atoms with Gasteiger partial charge in [-0.2, -0.15) is 0 Å². The molecule has 3 heterocycles. The van der Waals surface area contributed by atoms with Crippen LogP contribution in [0.25, 0.3) is 11.2 Å². The fourth-order valence-corrected chi connectivity index (χ4v) is 3.92. The van der Waals surface area contributed by atoms with Crippen LogP contribution in [0.5, 0.6) is 0 Å². The van der Waals surface area contributed by atoms with Gasteiger partial charge in [0.25, 0.3) is 11.5 Å². The highest BCUT2D eigenvalue weighted by Gasteiger charge is 2.28. The highest BCUT2D eigenvalue weighted by atomic mass is 16.2. The summed E-state index contributed by atoms with van der Waals surface area (Å²) in [6.07, 6.45) is 2.36. The third-order valence-electron chi connectivity index (χ3n) is 5.22. The van der Waals surface area contributed by atoms with Gasteiger partial charge >= 0.3 is 0 Å². The van der Waals surface area contributed by atoms with E-state index in [0.717, 1.165) is 24.0 Å². The molecule has 1 aliphatic rings. The van der Waals surface area contributed by atoms with Crippen LogP contribution in [0, 0.1) is 13.8 Å². The van der Waals surface area contributed by atoms with Crippen molar-refractivity contribution in [1.82, 2.24) is 29.9 Å². The number of benzene rings is 1. The second-order valence-electron chi connectivity index (χ2n) is 7.50. The molecular formula is C20H24N6O2. The van der Waals surface area contributed by atoms with Crippen LogP contribution in [0.15, 0.2) is 23.0 Å². The fourth-order valence-electron chi connectivity index (χ4n) is 3.92. The van der Waals surface area contributed by atoms with Crippen molar-refractivity contribution in [3.05, 3.63) is 51.1 Å². The first kappa shape index (κ1) is 18.3. The number of amides is 1. The number of carbonyl (C=O) groups excluding carboxylic acids is 1. The van der Waals surface area contributed by atoms with E-state index in [2.05, 4.69) is 26.3 Å². The molecule has 1 fully saturated rings. The number of nitrogens with one attached hydrogen (secondary N) is 1. The first-order valence-electron chi connectivity index (χ1n) is 9.68. The molecule has 1 unspecified atom stereocenters. The lowest BCUT2D eigenvalue weighted by molar-refractivity contribution is 0.0673. The van der Waals surface area contributed by atoms with E-state index in [-0.39, 0.29) is 23.0 Å². The van der Waals surface area contributed by atoms with E-state index >= 15 is 0 Å². The summed E-state index contributed by atoms with van der Waals surface area (Å²) in [5, 5.41) is 8.22. The van der Waals surface area contributed by atoms with E-state index in [4.69, 9.17) is 0 Å². The first-order chi connectivity index (χ1) is 13.5. The number of fused-ring (bicyclic) bond motifs is 1. The van der Waals surface area contributed by atoms with Crippen LogP contribution in [0.2, 0.25) is 0 Å². The lowest BCUT2D eigenvalue weighted by atomic mass is 10.0. The summed E-state index contributed by atoms with van der Waals surface area (Å²) in [5.41, 5.74) is 3.34. The van der Waals surface area contributed by atoms with Crippen molar-refractivity contribution in [2.24, 2.45) is 0 Å². The average molecular weight is 380 g/mol. The number of hydrogen-bond donors (Lipinski definition) is 1. The van der Waals surface area contributed by atoms with E-state index in [1.807, 2.05) is 37.8 Å². The molecule has 0 bridgehead atoms. The second kappa shape index (κ2) is 7.18. The summed E-state index contributed by atoms with van der Waals surface area (Å²) >= 11 is 0. The molecule has 1 aromatic carbocycles. The molecule has 146 valence electrons. The summed E-state index contributed by atoms with van der Waals surface area (Å²) in [5.74, 6) is 0.640. The molecule has 1 aliphatic heterocycles. The van der Waals surface area contributed by atoms with Crippen molar-refractivity contribution in [3.63, 3.8) is 0 Å². The number of carbonyl (C=O) groups is 1. The van der Waals surface area contributed by atoms with Crippen LogP contribution < -0.4 is 5.56 Å². The predicted octanol–water partition coefficient (Wildman–Crippen LogP) is 2.17. The van der Waals surface area contributed by atoms with Crippen molar-refractivity contribution in [3.8, 4) is 0 Å². The van der Waals surface area contributed by atoms with Crippen molar-refractivity contribution < 1.29 is 4.79 Å². The molecule has 1 amide bonds. The largest absolute Gasteiger partial charge is 0.336 e. The van der Waals surface area contributed by atoms with E-state index in [1.165, 1.54) is 0 Å². The Labute approximate surface area is 162 Å². The van der Waals surface area contributed by atoms with Gasteiger partial charge in [0.05, 0.1) is 6.04 Å². The monoisotopic (exact) mass is 380 g/mol. The summed E-state index contributed by atoms with van der Waals surface area (Å²) < 4.78 is 1.71. The molecule has 1 N–H and O–H groups in total. The zero-order valence-corrected chi connectivity index (χ0v) is 16.4. The van der Waals surface area contributed by atoms with Gasteiger partial charge in [0.2, 0.25) is 0 Å². The number of nitrogens with zero attached hydrogens (tertiary/aromatic N) is 5. The molecule has 2 aromatic heterocycles. The molecule has 0 saturated carbocycles. The maximum Gasteiger partial charge on any atom is 0.281 e. The number of aromatic amines is 1. The third kappa shape index (κ3) is 3.30. The van der Waals surface area contributed by atoms with Gasteiger partial charge in [0, 0.05) is 25.1 Å². The van der Waals surface area contributed by atoms with Crippen LogP contribution in [0.1, 0.15) is 53.1 Å². The molecular weight excluding hydrogens is 356 g/mol. The molecule has 1 atom stereocenters. The maximum absolute atomic E-state index is 13.0. The molecule has 3 aromatic rings. The van der Waals surface area contributed by atoms with E-state index in [1.54, 1.807) is 4.68 Å². The van der Waals surface area contributed by atoms with Crippen LogP contribution in [-0.4, -0.2) is 48.9 Å². The van der Waals surface area contributed by atoms with Crippen molar-refractivity contribution in [2.45, 2.75) is 46.1 Å². The van der Waals surface area contributed by atoms with Crippen molar-refractivity contribution >= 4 is 17.1 Å². The minimum absolute atomic E-state index is 0.0287. The molecule has 4 rings (SSSR count). The van der Waals surface area contributed by atoms with Crippen LogP contribution >= 0.6 is 0 Å². The van der Waals surface area contributed by atoms with Gasteiger partial charge in [-0.05, 0) is 38.8 Å². The molecule has 1 saturated heterocycles. The minimum Gasteiger partial charge on any atom is -0.336 e. The smallest absolute Gasteiger partial charge is 0.281 e.